The third-order valence-electron chi connectivity index (χ3n) is 3.99. The number of amides is 1. The molecule has 1 N–H and O–H groups in total. The van der Waals surface area contributed by atoms with Crippen molar-refractivity contribution >= 4 is 17.2 Å². The summed E-state index contributed by atoms with van der Waals surface area (Å²) in [7, 11) is 0. The Balaban J connectivity index is 1.84. The summed E-state index contributed by atoms with van der Waals surface area (Å²) in [4.78, 5) is 11.6. The number of alkyl halides is 3. The van der Waals surface area contributed by atoms with E-state index in [0.29, 0.717) is 22.0 Å². The second kappa shape index (κ2) is 8.60. The summed E-state index contributed by atoms with van der Waals surface area (Å²) in [5, 5.41) is 12.1. The fourth-order valence-electron chi connectivity index (χ4n) is 2.72. The minimum Gasteiger partial charge on any atom is -0.406 e. The average Bonchev–Trinajstić information content (AvgIpc) is 3.12. The van der Waals surface area contributed by atoms with Gasteiger partial charge in [-0.05, 0) is 31.0 Å². The summed E-state index contributed by atoms with van der Waals surface area (Å²) in [6.07, 6.45) is -4.25. The molecule has 0 spiro atoms. The number of benzene rings is 2. The molecule has 0 unspecified atom stereocenters. The van der Waals surface area contributed by atoms with Crippen molar-refractivity contribution in [3.05, 3.63) is 64.7 Å². The van der Waals surface area contributed by atoms with Crippen LogP contribution in [0.3, 0.4) is 0 Å². The zero-order chi connectivity index (χ0) is 21.0. The van der Waals surface area contributed by atoms with E-state index in [1.165, 1.54) is 36.5 Å². The van der Waals surface area contributed by atoms with Crippen molar-refractivity contribution in [1.82, 2.24) is 15.5 Å². The first kappa shape index (κ1) is 20.8. The minimum atomic E-state index is -4.77. The molecule has 0 saturated carbocycles. The van der Waals surface area contributed by atoms with Crippen LogP contribution in [0, 0.1) is 6.92 Å². The van der Waals surface area contributed by atoms with Crippen LogP contribution in [0.15, 0.2) is 48.5 Å². The van der Waals surface area contributed by atoms with Gasteiger partial charge in [-0.15, -0.1) is 23.4 Å². The van der Waals surface area contributed by atoms with Crippen LogP contribution in [-0.2, 0) is 11.2 Å². The van der Waals surface area contributed by atoms with Gasteiger partial charge < -0.3 is 10.1 Å². The summed E-state index contributed by atoms with van der Waals surface area (Å²) >= 11 is 1.21. The lowest BCUT2D eigenvalue weighted by atomic mass is 10.0. The standard InChI is InChI=1S/C20H18F3N3O2S/c1-12-6-8-14(9-7-12)10-17(24-13(2)27)19-26-25-18(29-19)15-4-3-5-16(11-15)28-20(21,22)23/h3-9,11,17H,10H2,1-2H3,(H,24,27)/t17-/m0/s1. The van der Waals surface area contributed by atoms with Gasteiger partial charge in [0.2, 0.25) is 5.91 Å². The maximum absolute atomic E-state index is 12.5. The van der Waals surface area contributed by atoms with Crippen LogP contribution in [0.5, 0.6) is 5.75 Å². The highest BCUT2D eigenvalue weighted by atomic mass is 32.1. The molecule has 0 fully saturated rings. The highest BCUT2D eigenvalue weighted by molar-refractivity contribution is 7.14. The number of hydrogen-bond donors (Lipinski definition) is 1. The fraction of sp³-hybridized carbons (Fsp3) is 0.250. The number of nitrogens with one attached hydrogen (secondary N) is 1. The molecule has 0 aliphatic rings. The number of ether oxygens (including phenoxy) is 1. The smallest absolute Gasteiger partial charge is 0.406 e. The quantitative estimate of drug-likeness (QED) is 0.619. The van der Waals surface area contributed by atoms with Gasteiger partial charge in [-0.2, -0.15) is 0 Å². The molecule has 3 rings (SSSR count). The first-order valence-corrected chi connectivity index (χ1v) is 9.53. The van der Waals surface area contributed by atoms with E-state index in [4.69, 9.17) is 0 Å². The maximum atomic E-state index is 12.5. The van der Waals surface area contributed by atoms with Crippen molar-refractivity contribution in [3.63, 3.8) is 0 Å². The average molecular weight is 421 g/mol. The summed E-state index contributed by atoms with van der Waals surface area (Å²) in [6, 6.07) is 13.1. The van der Waals surface area contributed by atoms with Gasteiger partial charge in [0, 0.05) is 12.5 Å². The lowest BCUT2D eigenvalue weighted by molar-refractivity contribution is -0.274. The van der Waals surface area contributed by atoms with Crippen LogP contribution >= 0.6 is 11.3 Å². The summed E-state index contributed by atoms with van der Waals surface area (Å²) in [6.45, 7) is 3.41. The molecule has 2 aromatic carbocycles. The Kier molecular flexibility index (Phi) is 6.17. The van der Waals surface area contributed by atoms with Gasteiger partial charge >= 0.3 is 6.36 Å². The molecule has 9 heteroatoms. The molecule has 29 heavy (non-hydrogen) atoms. The van der Waals surface area contributed by atoms with Crippen LogP contribution in [-0.4, -0.2) is 22.5 Å². The first-order chi connectivity index (χ1) is 13.7. The number of carbonyl (C=O) groups is 1. The van der Waals surface area contributed by atoms with E-state index in [1.807, 2.05) is 31.2 Å². The molecule has 152 valence electrons. The van der Waals surface area contributed by atoms with Crippen molar-refractivity contribution < 1.29 is 22.7 Å². The Morgan fingerprint density at radius 1 is 1.17 bits per heavy atom. The second-order valence-corrected chi connectivity index (χ2v) is 7.47. The number of nitrogens with zero attached hydrogens (tertiary/aromatic N) is 2. The Morgan fingerprint density at radius 3 is 2.55 bits per heavy atom. The Morgan fingerprint density at radius 2 is 1.90 bits per heavy atom. The van der Waals surface area contributed by atoms with Gasteiger partial charge in [-0.1, -0.05) is 53.3 Å². The van der Waals surface area contributed by atoms with Gasteiger partial charge in [0.1, 0.15) is 15.8 Å². The molecule has 5 nitrogen and oxygen atoms in total. The fourth-order valence-corrected chi connectivity index (χ4v) is 3.61. The molecule has 0 aliphatic carbocycles. The largest absolute Gasteiger partial charge is 0.573 e. The van der Waals surface area contributed by atoms with Gasteiger partial charge in [0.05, 0.1) is 6.04 Å². The Hall–Kier alpha value is -2.94. The van der Waals surface area contributed by atoms with Crippen molar-refractivity contribution in [3.8, 4) is 16.3 Å². The van der Waals surface area contributed by atoms with E-state index in [0.717, 1.165) is 11.1 Å². The molecular weight excluding hydrogens is 403 g/mol. The van der Waals surface area contributed by atoms with Gasteiger partial charge in [0.25, 0.3) is 0 Å². The number of rotatable bonds is 6. The van der Waals surface area contributed by atoms with Gasteiger partial charge in [0.15, 0.2) is 0 Å². The highest BCUT2D eigenvalue weighted by Gasteiger charge is 2.31. The lowest BCUT2D eigenvalue weighted by Gasteiger charge is -2.15. The number of halogens is 3. The predicted molar refractivity (Wildman–Crippen MR) is 103 cm³/mol. The van der Waals surface area contributed by atoms with E-state index in [9.17, 15) is 18.0 Å². The predicted octanol–water partition coefficient (Wildman–Crippen LogP) is 4.83. The van der Waals surface area contributed by atoms with E-state index < -0.39 is 12.4 Å². The van der Waals surface area contributed by atoms with Crippen molar-refractivity contribution in [2.75, 3.05) is 0 Å². The van der Waals surface area contributed by atoms with Crippen molar-refractivity contribution in [2.24, 2.45) is 0 Å². The van der Waals surface area contributed by atoms with Crippen molar-refractivity contribution in [1.29, 1.82) is 0 Å². The first-order valence-electron chi connectivity index (χ1n) is 8.72. The van der Waals surface area contributed by atoms with Gasteiger partial charge in [-0.3, -0.25) is 4.79 Å². The molecule has 1 amide bonds. The lowest BCUT2D eigenvalue weighted by Crippen LogP contribution is -2.27. The minimum absolute atomic E-state index is 0.209. The molecular formula is C20H18F3N3O2S. The summed E-state index contributed by atoms with van der Waals surface area (Å²) in [5.74, 6) is -0.538. The molecule has 0 aliphatic heterocycles. The molecule has 0 radical (unpaired) electrons. The van der Waals surface area contributed by atoms with Crippen LogP contribution in [0.4, 0.5) is 13.2 Å². The topological polar surface area (TPSA) is 64.1 Å². The second-order valence-electron chi connectivity index (χ2n) is 6.46. The van der Waals surface area contributed by atoms with Crippen LogP contribution in [0.1, 0.15) is 29.1 Å². The number of hydrogen-bond acceptors (Lipinski definition) is 5. The summed E-state index contributed by atoms with van der Waals surface area (Å²) in [5.41, 5.74) is 2.60. The number of carbonyl (C=O) groups excluding carboxylic acids is 1. The zero-order valence-corrected chi connectivity index (χ0v) is 16.5. The van der Waals surface area contributed by atoms with Crippen LogP contribution < -0.4 is 10.1 Å². The summed E-state index contributed by atoms with van der Waals surface area (Å²) < 4.78 is 41.3. The number of aryl methyl sites for hydroxylation is 1. The molecule has 0 saturated heterocycles. The Labute approximate surface area is 169 Å². The van der Waals surface area contributed by atoms with E-state index >= 15 is 0 Å². The van der Waals surface area contributed by atoms with Crippen molar-refractivity contribution in [2.45, 2.75) is 32.7 Å². The highest BCUT2D eigenvalue weighted by Crippen LogP contribution is 2.32. The monoisotopic (exact) mass is 421 g/mol. The van der Waals surface area contributed by atoms with Crippen LogP contribution in [0.2, 0.25) is 0 Å². The molecule has 3 aromatic rings. The SMILES string of the molecule is CC(=O)N[C@@H](Cc1ccc(C)cc1)c1nnc(-c2cccc(OC(F)(F)F)c2)s1. The van der Waals surface area contributed by atoms with E-state index in [2.05, 4.69) is 20.3 Å². The molecule has 1 atom stereocenters. The zero-order valence-electron chi connectivity index (χ0n) is 15.7. The van der Waals surface area contributed by atoms with E-state index in [-0.39, 0.29) is 11.7 Å². The normalized spacial score (nSPS) is 12.4. The third kappa shape index (κ3) is 6.02. The molecule has 1 aromatic heterocycles. The third-order valence-corrected chi connectivity index (χ3v) is 5.08. The van der Waals surface area contributed by atoms with E-state index in [1.54, 1.807) is 6.07 Å². The Bertz CT molecular complexity index is 987. The maximum Gasteiger partial charge on any atom is 0.573 e. The molecule has 0 bridgehead atoms. The van der Waals surface area contributed by atoms with Crippen LogP contribution in [0.25, 0.3) is 10.6 Å². The van der Waals surface area contributed by atoms with Gasteiger partial charge in [-0.25, -0.2) is 0 Å². The number of aromatic nitrogens is 2. The molecule has 1 heterocycles.